The molecule has 0 amide bonds. The van der Waals surface area contributed by atoms with E-state index >= 15 is 0 Å². The number of piperidine rings is 1. The second-order valence-electron chi connectivity index (χ2n) is 6.85. The summed E-state index contributed by atoms with van der Waals surface area (Å²) in [6, 6.07) is 6.74. The molecule has 0 saturated carbocycles. The number of anilines is 1. The zero-order valence-corrected chi connectivity index (χ0v) is 16.1. The molecular formula is C19H19F3N4OS. The first kappa shape index (κ1) is 18.9. The lowest BCUT2D eigenvalue weighted by Crippen LogP contribution is -2.33. The minimum atomic E-state index is -4.38. The summed E-state index contributed by atoms with van der Waals surface area (Å²) in [6.45, 7) is 2.60. The van der Waals surface area contributed by atoms with Crippen LogP contribution in [0.2, 0.25) is 0 Å². The molecule has 3 heterocycles. The summed E-state index contributed by atoms with van der Waals surface area (Å²) in [5, 5.41) is 5.03. The minimum Gasteiger partial charge on any atom is -0.340 e. The minimum absolute atomic E-state index is 0.210. The van der Waals surface area contributed by atoms with E-state index < -0.39 is 11.7 Å². The van der Waals surface area contributed by atoms with Gasteiger partial charge in [0.15, 0.2) is 0 Å². The molecule has 1 fully saturated rings. The van der Waals surface area contributed by atoms with Gasteiger partial charge in [0.2, 0.25) is 10.1 Å². The van der Waals surface area contributed by atoms with Crippen LogP contribution in [0.5, 0.6) is 0 Å². The maximum atomic E-state index is 13.1. The lowest BCUT2D eigenvalue weighted by Gasteiger charge is -2.35. The van der Waals surface area contributed by atoms with Gasteiger partial charge in [0.25, 0.3) is 5.56 Å². The van der Waals surface area contributed by atoms with Crippen molar-refractivity contribution in [3.05, 3.63) is 57.5 Å². The molecule has 28 heavy (non-hydrogen) atoms. The Bertz CT molecular complexity index is 1060. The molecule has 148 valence electrons. The maximum Gasteiger partial charge on any atom is 0.416 e. The van der Waals surface area contributed by atoms with Gasteiger partial charge in [0.05, 0.1) is 11.6 Å². The quantitative estimate of drug-likeness (QED) is 0.642. The largest absolute Gasteiger partial charge is 0.416 e. The number of halogens is 3. The van der Waals surface area contributed by atoms with Crippen LogP contribution in [0.25, 0.3) is 4.96 Å². The fraction of sp³-hybridized carbons (Fsp3) is 0.421. The average molecular weight is 408 g/mol. The van der Waals surface area contributed by atoms with Crippen LogP contribution in [-0.4, -0.2) is 21.1 Å². The average Bonchev–Trinajstić information content (AvgIpc) is 3.12. The van der Waals surface area contributed by atoms with Crippen LogP contribution in [0.15, 0.2) is 35.1 Å². The van der Waals surface area contributed by atoms with Gasteiger partial charge in [0, 0.05) is 18.3 Å². The zero-order chi connectivity index (χ0) is 19.9. The lowest BCUT2D eigenvalue weighted by molar-refractivity contribution is -0.137. The molecule has 0 N–H and O–H groups in total. The number of hydrogen-bond acceptors (Lipinski definition) is 5. The standard InChI is InChI=1S/C19H19F3N4OS/c1-2-14-11-16(27)26-17(23-14)28-18(24-26)25-9-4-3-8-15(25)12-6-5-7-13(10-12)19(20,21)22/h5-7,10-11,15H,2-4,8-9H2,1H3. The van der Waals surface area contributed by atoms with Crippen molar-refractivity contribution in [3.63, 3.8) is 0 Å². The summed E-state index contributed by atoms with van der Waals surface area (Å²) in [5.41, 5.74) is 0.430. The van der Waals surface area contributed by atoms with Crippen LogP contribution < -0.4 is 10.5 Å². The Labute approximate surface area is 163 Å². The SMILES string of the molecule is CCc1cc(=O)n2nc(N3CCCCC3c3cccc(C(F)(F)F)c3)sc2n1. The van der Waals surface area contributed by atoms with Gasteiger partial charge in [-0.05, 0) is 43.4 Å². The summed E-state index contributed by atoms with van der Waals surface area (Å²) in [6.07, 6.45) is -1.14. The molecule has 5 nitrogen and oxygen atoms in total. The first-order valence-corrected chi connectivity index (χ1v) is 10.0. The number of aryl methyl sites for hydroxylation is 1. The summed E-state index contributed by atoms with van der Waals surface area (Å²) in [5.74, 6) is 0. The second kappa shape index (κ2) is 7.20. The van der Waals surface area contributed by atoms with Crippen molar-refractivity contribution in [2.24, 2.45) is 0 Å². The van der Waals surface area contributed by atoms with Crippen molar-refractivity contribution in [1.29, 1.82) is 0 Å². The Hall–Kier alpha value is -2.42. The number of aromatic nitrogens is 3. The fourth-order valence-corrected chi connectivity index (χ4v) is 4.57. The van der Waals surface area contributed by atoms with E-state index in [0.29, 0.717) is 34.3 Å². The van der Waals surface area contributed by atoms with Gasteiger partial charge >= 0.3 is 6.18 Å². The number of fused-ring (bicyclic) bond motifs is 1. The first-order chi connectivity index (χ1) is 13.4. The molecule has 0 bridgehead atoms. The molecule has 3 aromatic rings. The predicted octanol–water partition coefficient (Wildman–Crippen LogP) is 4.46. The van der Waals surface area contributed by atoms with Gasteiger partial charge < -0.3 is 4.90 Å². The monoisotopic (exact) mass is 408 g/mol. The van der Waals surface area contributed by atoms with E-state index in [1.54, 1.807) is 6.07 Å². The molecule has 1 unspecified atom stereocenters. The predicted molar refractivity (Wildman–Crippen MR) is 102 cm³/mol. The molecule has 1 saturated heterocycles. The summed E-state index contributed by atoms with van der Waals surface area (Å²) in [7, 11) is 0. The second-order valence-corrected chi connectivity index (χ2v) is 7.78. The number of nitrogens with zero attached hydrogens (tertiary/aromatic N) is 4. The van der Waals surface area contributed by atoms with E-state index in [2.05, 4.69) is 10.1 Å². The first-order valence-electron chi connectivity index (χ1n) is 9.20. The Balaban J connectivity index is 1.75. The van der Waals surface area contributed by atoms with E-state index in [4.69, 9.17) is 0 Å². The van der Waals surface area contributed by atoms with Crippen LogP contribution in [0.1, 0.15) is 49.0 Å². The number of rotatable bonds is 3. The van der Waals surface area contributed by atoms with Crippen LogP contribution in [-0.2, 0) is 12.6 Å². The van der Waals surface area contributed by atoms with Gasteiger partial charge in [-0.3, -0.25) is 4.79 Å². The maximum absolute atomic E-state index is 13.1. The normalized spacial score (nSPS) is 18.0. The smallest absolute Gasteiger partial charge is 0.340 e. The van der Waals surface area contributed by atoms with Crippen LogP contribution in [0.4, 0.5) is 18.3 Å². The topological polar surface area (TPSA) is 50.5 Å². The van der Waals surface area contributed by atoms with Crippen LogP contribution >= 0.6 is 11.3 Å². The number of benzene rings is 1. The van der Waals surface area contributed by atoms with E-state index in [1.807, 2.05) is 11.8 Å². The molecule has 1 atom stereocenters. The molecule has 9 heteroatoms. The Kier molecular flexibility index (Phi) is 4.86. The highest BCUT2D eigenvalue weighted by Crippen LogP contribution is 2.38. The molecule has 1 aliphatic rings. The van der Waals surface area contributed by atoms with Crippen molar-refractivity contribution < 1.29 is 13.2 Å². The summed E-state index contributed by atoms with van der Waals surface area (Å²) in [4.78, 5) is 19.3. The van der Waals surface area contributed by atoms with Gasteiger partial charge in [-0.2, -0.15) is 17.7 Å². The van der Waals surface area contributed by atoms with Crippen LogP contribution in [0, 0.1) is 0 Å². The van der Waals surface area contributed by atoms with Gasteiger partial charge in [-0.15, -0.1) is 5.10 Å². The molecule has 0 radical (unpaired) electrons. The van der Waals surface area contributed by atoms with Gasteiger partial charge in [0.1, 0.15) is 0 Å². The number of alkyl halides is 3. The highest BCUT2D eigenvalue weighted by molar-refractivity contribution is 7.20. The number of hydrogen-bond donors (Lipinski definition) is 0. The van der Waals surface area contributed by atoms with E-state index in [-0.39, 0.29) is 11.6 Å². The lowest BCUT2D eigenvalue weighted by atomic mass is 9.94. The third kappa shape index (κ3) is 3.50. The van der Waals surface area contributed by atoms with E-state index in [9.17, 15) is 18.0 Å². The molecule has 0 spiro atoms. The summed E-state index contributed by atoms with van der Waals surface area (Å²) >= 11 is 1.30. The third-order valence-electron chi connectivity index (χ3n) is 5.00. The highest BCUT2D eigenvalue weighted by Gasteiger charge is 2.33. The van der Waals surface area contributed by atoms with E-state index in [1.165, 1.54) is 34.1 Å². The van der Waals surface area contributed by atoms with Crippen molar-refractivity contribution in [1.82, 2.24) is 14.6 Å². The Morgan fingerprint density at radius 3 is 2.82 bits per heavy atom. The molecular weight excluding hydrogens is 389 g/mol. The molecule has 0 aliphatic carbocycles. The van der Waals surface area contributed by atoms with Crippen molar-refractivity contribution in [3.8, 4) is 0 Å². The molecule has 4 rings (SSSR count). The van der Waals surface area contributed by atoms with Gasteiger partial charge in [-0.25, -0.2) is 4.98 Å². The molecule has 1 aromatic carbocycles. The van der Waals surface area contributed by atoms with E-state index in [0.717, 1.165) is 25.3 Å². The fourth-order valence-electron chi connectivity index (χ4n) is 3.57. The van der Waals surface area contributed by atoms with Crippen LogP contribution in [0.3, 0.4) is 0 Å². The van der Waals surface area contributed by atoms with Crippen molar-refractivity contribution in [2.45, 2.75) is 44.8 Å². The highest BCUT2D eigenvalue weighted by atomic mass is 32.1. The summed E-state index contributed by atoms with van der Waals surface area (Å²) < 4.78 is 40.7. The van der Waals surface area contributed by atoms with Crippen molar-refractivity contribution >= 4 is 21.4 Å². The van der Waals surface area contributed by atoms with Crippen molar-refractivity contribution in [2.75, 3.05) is 11.4 Å². The third-order valence-corrected chi connectivity index (χ3v) is 5.94. The Morgan fingerprint density at radius 1 is 1.25 bits per heavy atom. The Morgan fingerprint density at radius 2 is 2.07 bits per heavy atom. The molecule has 2 aromatic heterocycles. The molecule has 1 aliphatic heterocycles. The zero-order valence-electron chi connectivity index (χ0n) is 15.2. The van der Waals surface area contributed by atoms with Gasteiger partial charge in [-0.1, -0.05) is 30.4 Å².